The fourth-order valence-corrected chi connectivity index (χ4v) is 3.36. The molecule has 0 spiro atoms. The summed E-state index contributed by atoms with van der Waals surface area (Å²) in [5.41, 5.74) is 7.10. The molecule has 3 unspecified atom stereocenters. The van der Waals surface area contributed by atoms with Crippen LogP contribution in [0, 0.1) is 5.92 Å². The first-order valence-corrected chi connectivity index (χ1v) is 8.45. The molecule has 0 bridgehead atoms. The molecule has 1 aromatic rings. The third-order valence-corrected chi connectivity index (χ3v) is 4.24. The average molecular weight is 335 g/mol. The Balaban J connectivity index is 2.13. The first kappa shape index (κ1) is 18.5. The van der Waals surface area contributed by atoms with E-state index in [0.717, 1.165) is 13.1 Å². The molecule has 6 heteroatoms. The van der Waals surface area contributed by atoms with E-state index < -0.39 is 0 Å². The number of morpholine rings is 1. The van der Waals surface area contributed by atoms with E-state index in [1.165, 1.54) is 0 Å². The Bertz CT molecular complexity index is 567. The minimum absolute atomic E-state index is 0.0177. The molecule has 0 aliphatic carbocycles. The van der Waals surface area contributed by atoms with Gasteiger partial charge in [0.1, 0.15) is 5.75 Å². The Kier molecular flexibility index (Phi) is 6.07. The van der Waals surface area contributed by atoms with Crippen LogP contribution in [0.2, 0.25) is 0 Å². The van der Waals surface area contributed by atoms with Crippen LogP contribution in [0.15, 0.2) is 18.2 Å². The molecule has 3 N–H and O–H groups in total. The number of hydrogen-bond donors (Lipinski definition) is 2. The van der Waals surface area contributed by atoms with Crippen molar-refractivity contribution in [3.05, 3.63) is 18.2 Å². The Hall–Kier alpha value is -1.79. The molecule has 24 heavy (non-hydrogen) atoms. The molecular weight excluding hydrogens is 306 g/mol. The molecule has 1 saturated heterocycles. The molecule has 1 aliphatic rings. The molecule has 1 fully saturated rings. The fourth-order valence-electron chi connectivity index (χ4n) is 3.36. The number of methoxy groups -OCH3 is 1. The van der Waals surface area contributed by atoms with Crippen molar-refractivity contribution >= 4 is 17.3 Å². The Morgan fingerprint density at radius 1 is 1.33 bits per heavy atom. The summed E-state index contributed by atoms with van der Waals surface area (Å²) in [4.78, 5) is 15.1. The van der Waals surface area contributed by atoms with Gasteiger partial charge in [-0.25, -0.2) is 0 Å². The van der Waals surface area contributed by atoms with Gasteiger partial charge in [-0.1, -0.05) is 13.8 Å². The van der Waals surface area contributed by atoms with E-state index in [4.69, 9.17) is 15.2 Å². The monoisotopic (exact) mass is 335 g/mol. The smallest absolute Gasteiger partial charge is 0.241 e. The molecule has 2 rings (SSSR count). The number of nitrogens with one attached hydrogen (secondary N) is 1. The molecule has 1 heterocycles. The standard InChI is InChI=1S/C18H29N3O3/c1-11(2)17(21-9-12(3)24-13(4)10-21)18(22)20-14-6-7-16(23-5)15(19)8-14/h6-8,11-13,17H,9-10,19H2,1-5H3,(H,20,22). The first-order valence-electron chi connectivity index (χ1n) is 8.45. The molecule has 1 amide bonds. The number of benzene rings is 1. The van der Waals surface area contributed by atoms with E-state index >= 15 is 0 Å². The summed E-state index contributed by atoms with van der Waals surface area (Å²) in [5, 5.41) is 2.99. The number of carbonyl (C=O) groups excluding carboxylic acids is 1. The first-order chi connectivity index (χ1) is 11.3. The van der Waals surface area contributed by atoms with Gasteiger partial charge in [-0.3, -0.25) is 9.69 Å². The predicted octanol–water partition coefficient (Wildman–Crippen LogP) is 2.35. The zero-order valence-electron chi connectivity index (χ0n) is 15.2. The zero-order valence-corrected chi connectivity index (χ0v) is 15.2. The SMILES string of the molecule is COc1ccc(NC(=O)C(C(C)C)N2CC(C)OC(C)C2)cc1N. The van der Waals surface area contributed by atoms with Gasteiger partial charge < -0.3 is 20.5 Å². The van der Waals surface area contributed by atoms with E-state index in [1.807, 2.05) is 13.8 Å². The minimum Gasteiger partial charge on any atom is -0.495 e. The second-order valence-corrected chi connectivity index (χ2v) is 6.85. The number of nitrogens with zero attached hydrogens (tertiary/aromatic N) is 1. The molecule has 0 radical (unpaired) electrons. The summed E-state index contributed by atoms with van der Waals surface area (Å²) in [5.74, 6) is 0.776. The van der Waals surface area contributed by atoms with Gasteiger partial charge in [-0.05, 0) is 38.0 Å². The van der Waals surface area contributed by atoms with Crippen LogP contribution >= 0.6 is 0 Å². The normalized spacial score (nSPS) is 23.1. The summed E-state index contributed by atoms with van der Waals surface area (Å²) in [6, 6.07) is 5.07. The van der Waals surface area contributed by atoms with Crippen molar-refractivity contribution in [1.29, 1.82) is 0 Å². The lowest BCUT2D eigenvalue weighted by Crippen LogP contribution is -2.55. The number of nitrogens with two attached hydrogens (primary N) is 1. The third kappa shape index (κ3) is 4.39. The number of ether oxygens (including phenoxy) is 2. The van der Waals surface area contributed by atoms with E-state index in [0.29, 0.717) is 17.1 Å². The van der Waals surface area contributed by atoms with Crippen LogP contribution in [0.5, 0.6) is 5.75 Å². The van der Waals surface area contributed by atoms with Crippen LogP contribution in [0.1, 0.15) is 27.7 Å². The Morgan fingerprint density at radius 3 is 2.46 bits per heavy atom. The van der Waals surface area contributed by atoms with Gasteiger partial charge in [0.15, 0.2) is 0 Å². The summed E-state index contributed by atoms with van der Waals surface area (Å²) in [6.07, 6.45) is 0.249. The number of anilines is 2. The Morgan fingerprint density at radius 2 is 1.96 bits per heavy atom. The van der Waals surface area contributed by atoms with Crippen molar-refractivity contribution in [1.82, 2.24) is 4.90 Å². The highest BCUT2D eigenvalue weighted by molar-refractivity contribution is 5.95. The summed E-state index contributed by atoms with van der Waals surface area (Å²) >= 11 is 0. The lowest BCUT2D eigenvalue weighted by atomic mass is 9.99. The van der Waals surface area contributed by atoms with Crippen molar-refractivity contribution in [2.45, 2.75) is 45.9 Å². The molecule has 0 aromatic heterocycles. The molecule has 1 aliphatic heterocycles. The van der Waals surface area contributed by atoms with E-state index in [2.05, 4.69) is 24.1 Å². The quantitative estimate of drug-likeness (QED) is 0.808. The van der Waals surface area contributed by atoms with Gasteiger partial charge in [0.05, 0.1) is 31.0 Å². The van der Waals surface area contributed by atoms with Crippen LogP contribution in [0.3, 0.4) is 0 Å². The Labute approximate surface area is 144 Å². The number of carbonyl (C=O) groups is 1. The van der Waals surface area contributed by atoms with Gasteiger partial charge in [-0.2, -0.15) is 0 Å². The summed E-state index contributed by atoms with van der Waals surface area (Å²) in [7, 11) is 1.57. The zero-order chi connectivity index (χ0) is 17.9. The molecule has 0 saturated carbocycles. The van der Waals surface area contributed by atoms with Crippen LogP contribution in [0.4, 0.5) is 11.4 Å². The predicted molar refractivity (Wildman–Crippen MR) is 96.2 cm³/mol. The van der Waals surface area contributed by atoms with Crippen molar-refractivity contribution < 1.29 is 14.3 Å². The van der Waals surface area contributed by atoms with Crippen molar-refractivity contribution in [2.24, 2.45) is 5.92 Å². The molecule has 134 valence electrons. The van der Waals surface area contributed by atoms with Crippen LogP contribution in [0.25, 0.3) is 0 Å². The van der Waals surface area contributed by atoms with Gasteiger partial charge in [0, 0.05) is 18.8 Å². The van der Waals surface area contributed by atoms with Crippen molar-refractivity contribution in [3.8, 4) is 5.75 Å². The number of rotatable bonds is 5. The van der Waals surface area contributed by atoms with Gasteiger partial charge in [0.2, 0.25) is 5.91 Å². The van der Waals surface area contributed by atoms with E-state index in [1.54, 1.807) is 25.3 Å². The lowest BCUT2D eigenvalue weighted by molar-refractivity contribution is -0.130. The molecule has 1 aromatic carbocycles. The second kappa shape index (κ2) is 7.85. The second-order valence-electron chi connectivity index (χ2n) is 6.85. The highest BCUT2D eigenvalue weighted by Gasteiger charge is 2.34. The number of hydrogen-bond acceptors (Lipinski definition) is 5. The summed E-state index contributed by atoms with van der Waals surface area (Å²) in [6.45, 7) is 9.73. The summed E-state index contributed by atoms with van der Waals surface area (Å²) < 4.78 is 10.9. The van der Waals surface area contributed by atoms with Crippen molar-refractivity contribution in [3.63, 3.8) is 0 Å². The maximum atomic E-state index is 12.9. The van der Waals surface area contributed by atoms with Gasteiger partial charge >= 0.3 is 0 Å². The number of amides is 1. The highest BCUT2D eigenvalue weighted by Crippen LogP contribution is 2.26. The molecular formula is C18H29N3O3. The maximum Gasteiger partial charge on any atom is 0.241 e. The number of nitrogen functional groups attached to an aromatic ring is 1. The van der Waals surface area contributed by atoms with Crippen LogP contribution < -0.4 is 15.8 Å². The largest absolute Gasteiger partial charge is 0.495 e. The van der Waals surface area contributed by atoms with Crippen molar-refractivity contribution in [2.75, 3.05) is 31.2 Å². The molecule has 6 nitrogen and oxygen atoms in total. The average Bonchev–Trinajstić information content (AvgIpc) is 2.46. The van der Waals surface area contributed by atoms with Gasteiger partial charge in [-0.15, -0.1) is 0 Å². The van der Waals surface area contributed by atoms with Crippen LogP contribution in [-0.2, 0) is 9.53 Å². The minimum atomic E-state index is -0.206. The fraction of sp³-hybridized carbons (Fsp3) is 0.611. The van der Waals surface area contributed by atoms with E-state index in [9.17, 15) is 4.79 Å². The van der Waals surface area contributed by atoms with Gasteiger partial charge in [0.25, 0.3) is 0 Å². The van der Waals surface area contributed by atoms with E-state index in [-0.39, 0.29) is 30.1 Å². The lowest BCUT2D eigenvalue weighted by Gasteiger charge is -2.41. The topological polar surface area (TPSA) is 76.8 Å². The third-order valence-electron chi connectivity index (χ3n) is 4.24. The highest BCUT2D eigenvalue weighted by atomic mass is 16.5. The maximum absolute atomic E-state index is 12.9. The van der Waals surface area contributed by atoms with Crippen LogP contribution in [-0.4, -0.2) is 49.3 Å². The molecule has 3 atom stereocenters.